The van der Waals surface area contributed by atoms with E-state index in [0.29, 0.717) is 17.4 Å². The number of unbranched alkanes of at least 4 members (excludes halogenated alkanes) is 30. The number of ether oxygens (including phenoxy) is 2. The molecular weight excluding hydrogens is 1160 g/mol. The van der Waals surface area contributed by atoms with Gasteiger partial charge in [-0.2, -0.15) is 0 Å². The van der Waals surface area contributed by atoms with Crippen LogP contribution in [-0.4, -0.2) is 70.0 Å². The number of quaternary nitrogens is 1. The van der Waals surface area contributed by atoms with Crippen molar-refractivity contribution >= 4 is 19.8 Å². The largest absolute Gasteiger partial charge is 0.756 e. The summed E-state index contributed by atoms with van der Waals surface area (Å²) >= 11 is 0. The Balaban J connectivity index is 4.10. The maximum atomic E-state index is 12.9. The molecule has 0 radical (unpaired) electrons. The third-order valence-electron chi connectivity index (χ3n) is 15.8. The van der Waals surface area contributed by atoms with Crippen molar-refractivity contribution in [1.82, 2.24) is 0 Å². The summed E-state index contributed by atoms with van der Waals surface area (Å²) in [7, 11) is 1.14. The Morgan fingerprint density at radius 2 is 0.620 bits per heavy atom. The summed E-state index contributed by atoms with van der Waals surface area (Å²) in [5, 5.41) is 0. The molecule has 2 atom stereocenters. The van der Waals surface area contributed by atoms with E-state index in [9.17, 15) is 19.0 Å². The number of esters is 2. The molecule has 0 aliphatic carbocycles. The summed E-state index contributed by atoms with van der Waals surface area (Å²) in [4.78, 5) is 38.1. The summed E-state index contributed by atoms with van der Waals surface area (Å²) in [6, 6.07) is 0. The van der Waals surface area contributed by atoms with E-state index >= 15 is 0 Å². The molecule has 0 saturated heterocycles. The van der Waals surface area contributed by atoms with Gasteiger partial charge in [-0.1, -0.05) is 320 Å². The lowest BCUT2D eigenvalue weighted by Gasteiger charge is -2.28. The minimum absolute atomic E-state index is 0.0424. The second-order valence-corrected chi connectivity index (χ2v) is 27.3. The molecule has 0 spiro atoms. The van der Waals surface area contributed by atoms with Crippen molar-refractivity contribution in [3.63, 3.8) is 0 Å². The molecule has 92 heavy (non-hydrogen) atoms. The van der Waals surface area contributed by atoms with E-state index in [2.05, 4.69) is 160 Å². The molecule has 2 unspecified atom stereocenters. The number of carbonyl (C=O) groups excluding carboxylic acids is 2. The zero-order valence-corrected chi connectivity index (χ0v) is 60.8. The Bertz CT molecular complexity index is 2070. The van der Waals surface area contributed by atoms with Crippen molar-refractivity contribution in [2.45, 2.75) is 315 Å². The van der Waals surface area contributed by atoms with Crippen molar-refractivity contribution < 1.29 is 42.1 Å². The molecule has 0 fully saturated rings. The van der Waals surface area contributed by atoms with Gasteiger partial charge in [-0.15, -0.1) is 0 Å². The molecular formula is C82H140NO8P. The number of carbonyl (C=O) groups is 2. The number of rotatable bonds is 68. The summed E-state index contributed by atoms with van der Waals surface area (Å²) in [6.45, 7) is 4.10. The number of allylic oxidation sites excluding steroid dienone is 24. The Morgan fingerprint density at radius 3 is 0.924 bits per heavy atom. The highest BCUT2D eigenvalue weighted by molar-refractivity contribution is 7.45. The molecule has 0 aromatic carbocycles. The second-order valence-electron chi connectivity index (χ2n) is 25.9. The third-order valence-corrected chi connectivity index (χ3v) is 16.8. The average molecular weight is 1300 g/mol. The van der Waals surface area contributed by atoms with Gasteiger partial charge in [0.15, 0.2) is 6.10 Å². The van der Waals surface area contributed by atoms with Gasteiger partial charge in [0.05, 0.1) is 27.7 Å². The number of likely N-dealkylation sites (N-methyl/N-ethyl adjacent to an activating group) is 1. The minimum Gasteiger partial charge on any atom is -0.756 e. The highest BCUT2D eigenvalue weighted by Crippen LogP contribution is 2.38. The average Bonchev–Trinajstić information content (AvgIpc) is 2.14. The standard InChI is InChI=1S/C82H140NO8P/c1-6-8-10-12-14-16-18-20-22-24-26-28-30-32-34-36-38-40-41-43-45-47-49-51-53-55-57-59-61-63-65-67-69-71-73-75-82(85)91-80(79-90-92(86,87)89-77-76-83(3,4)5)78-88-81(84)74-72-70-68-66-64-62-60-58-56-54-52-50-48-46-44-42-39-37-35-33-31-29-27-25-23-21-19-17-15-13-11-9-7-2/h8,10,14,16,19-22,25-28,32,34,38,40,43,45,49,51,55,57,61,63,80H,6-7,9,11-13,15,17-18,23-24,29-31,33,35-37,39,41-42,44,46-48,50,52-54,56,58-60,62,64-79H2,1-5H3/b10-8-,16-14-,21-19-,22-20-,27-25-,28-26-,34-32-,40-38-,45-43-,51-49-,57-55-,63-61-. The topological polar surface area (TPSA) is 111 Å². The molecule has 0 aliphatic rings. The summed E-state index contributed by atoms with van der Waals surface area (Å²) < 4.78 is 34.3. The molecule has 0 N–H and O–H groups in total. The Kier molecular flexibility index (Phi) is 68.0. The van der Waals surface area contributed by atoms with Gasteiger partial charge in [-0.25, -0.2) is 0 Å². The third kappa shape index (κ3) is 74.9. The maximum absolute atomic E-state index is 12.9. The predicted molar refractivity (Wildman–Crippen MR) is 397 cm³/mol. The highest BCUT2D eigenvalue weighted by atomic mass is 31.2. The van der Waals surface area contributed by atoms with Crippen LogP contribution in [-0.2, 0) is 32.7 Å². The van der Waals surface area contributed by atoms with Gasteiger partial charge < -0.3 is 27.9 Å². The molecule has 526 valence electrons. The van der Waals surface area contributed by atoms with Gasteiger partial charge in [0.1, 0.15) is 19.8 Å². The van der Waals surface area contributed by atoms with Crippen LogP contribution in [0.3, 0.4) is 0 Å². The Labute approximate surface area is 567 Å². The van der Waals surface area contributed by atoms with Crippen LogP contribution in [0, 0.1) is 0 Å². The lowest BCUT2D eigenvalue weighted by atomic mass is 10.0. The first kappa shape index (κ1) is 87.9. The molecule has 0 heterocycles. The normalized spacial score (nSPS) is 13.9. The lowest BCUT2D eigenvalue weighted by molar-refractivity contribution is -0.870. The number of nitrogens with zero attached hydrogens (tertiary/aromatic N) is 1. The minimum atomic E-state index is -4.66. The smallest absolute Gasteiger partial charge is 0.306 e. The quantitative estimate of drug-likeness (QED) is 0.0195. The summed E-state index contributed by atoms with van der Waals surface area (Å²) in [5.74, 6) is -0.862. The van der Waals surface area contributed by atoms with Crippen LogP contribution in [0.1, 0.15) is 309 Å². The van der Waals surface area contributed by atoms with Crippen molar-refractivity contribution in [2.75, 3.05) is 47.5 Å². The monoisotopic (exact) mass is 1300 g/mol. The van der Waals surface area contributed by atoms with E-state index in [-0.39, 0.29) is 26.1 Å². The van der Waals surface area contributed by atoms with Crippen molar-refractivity contribution in [2.24, 2.45) is 0 Å². The van der Waals surface area contributed by atoms with E-state index < -0.39 is 32.5 Å². The van der Waals surface area contributed by atoms with Crippen LogP contribution in [0.4, 0.5) is 0 Å². The van der Waals surface area contributed by atoms with Gasteiger partial charge >= 0.3 is 11.9 Å². The van der Waals surface area contributed by atoms with E-state index in [4.69, 9.17) is 18.5 Å². The van der Waals surface area contributed by atoms with E-state index in [1.165, 1.54) is 161 Å². The molecule has 0 aliphatic heterocycles. The SMILES string of the molecule is CC/C=C\C/C=C\C/C=C\C/C=C\C/C=C\C/C=C\C/C=C\C/C=C\C/C=C\C/C=C\CCCCCCC(=O)OC(COC(=O)CCCCCCCCCCCCCCCCCCCCCCC/C=C\C/C=C\CCCCCCC)COP(=O)([O-])OCC[N+](C)(C)C. The molecule has 0 bridgehead atoms. The number of phosphoric ester groups is 1. The van der Waals surface area contributed by atoms with Gasteiger partial charge in [-0.3, -0.25) is 14.2 Å². The number of hydrogen-bond acceptors (Lipinski definition) is 8. The van der Waals surface area contributed by atoms with Crippen molar-refractivity contribution in [3.05, 3.63) is 146 Å². The Morgan fingerprint density at radius 1 is 0.348 bits per heavy atom. The summed E-state index contributed by atoms with van der Waals surface area (Å²) in [6.07, 6.45) is 105. The number of phosphoric acid groups is 1. The van der Waals surface area contributed by atoms with Gasteiger partial charge in [-0.05, 0) is 122 Å². The van der Waals surface area contributed by atoms with Crippen molar-refractivity contribution in [3.8, 4) is 0 Å². The highest BCUT2D eigenvalue weighted by Gasteiger charge is 2.22. The molecule has 9 nitrogen and oxygen atoms in total. The molecule has 0 aromatic heterocycles. The second kappa shape index (κ2) is 71.2. The molecule has 0 rings (SSSR count). The van der Waals surface area contributed by atoms with E-state index in [0.717, 1.165) is 116 Å². The molecule has 0 saturated carbocycles. The first-order chi connectivity index (χ1) is 45.0. The van der Waals surface area contributed by atoms with Crippen LogP contribution in [0.15, 0.2) is 146 Å². The Hall–Kier alpha value is -4.11. The molecule has 0 amide bonds. The molecule has 10 heteroatoms. The van der Waals surface area contributed by atoms with E-state index in [1.54, 1.807) is 0 Å². The van der Waals surface area contributed by atoms with Crippen LogP contribution >= 0.6 is 7.82 Å². The van der Waals surface area contributed by atoms with Gasteiger partial charge in [0, 0.05) is 12.8 Å². The first-order valence-electron chi connectivity index (χ1n) is 37.5. The van der Waals surface area contributed by atoms with Gasteiger partial charge in [0.25, 0.3) is 7.82 Å². The predicted octanol–water partition coefficient (Wildman–Crippen LogP) is 24.3. The van der Waals surface area contributed by atoms with Crippen LogP contribution < -0.4 is 4.89 Å². The van der Waals surface area contributed by atoms with Crippen LogP contribution in [0.5, 0.6) is 0 Å². The van der Waals surface area contributed by atoms with Crippen LogP contribution in [0.2, 0.25) is 0 Å². The maximum Gasteiger partial charge on any atom is 0.306 e. The number of hydrogen-bond donors (Lipinski definition) is 0. The fourth-order valence-corrected chi connectivity index (χ4v) is 10.9. The van der Waals surface area contributed by atoms with Gasteiger partial charge in [0.2, 0.25) is 0 Å². The lowest BCUT2D eigenvalue weighted by Crippen LogP contribution is -2.37. The van der Waals surface area contributed by atoms with Crippen LogP contribution in [0.25, 0.3) is 0 Å². The fraction of sp³-hybridized carbons (Fsp3) is 0.683. The van der Waals surface area contributed by atoms with E-state index in [1.807, 2.05) is 21.1 Å². The fourth-order valence-electron chi connectivity index (χ4n) is 10.1. The zero-order valence-electron chi connectivity index (χ0n) is 59.9. The molecule has 0 aromatic rings. The summed E-state index contributed by atoms with van der Waals surface area (Å²) in [5.41, 5.74) is 0. The first-order valence-corrected chi connectivity index (χ1v) is 39.0. The zero-order chi connectivity index (χ0) is 66.9. The van der Waals surface area contributed by atoms with Crippen molar-refractivity contribution in [1.29, 1.82) is 0 Å².